The number of fused-ring (bicyclic) bond motifs is 1. The zero-order chi connectivity index (χ0) is 11.2. The van der Waals surface area contributed by atoms with Gasteiger partial charge in [0.2, 0.25) is 5.91 Å². The maximum Gasteiger partial charge on any atom is 0.240 e. The van der Waals surface area contributed by atoms with Crippen molar-refractivity contribution in [3.05, 3.63) is 23.3 Å². The van der Waals surface area contributed by atoms with Gasteiger partial charge in [0.1, 0.15) is 0 Å². The van der Waals surface area contributed by atoms with Crippen LogP contribution >= 0.6 is 11.8 Å². The Morgan fingerprint density at radius 3 is 2.60 bits per heavy atom. The van der Waals surface area contributed by atoms with Crippen LogP contribution in [0.1, 0.15) is 25.0 Å². The third-order valence-electron chi connectivity index (χ3n) is 2.59. The van der Waals surface area contributed by atoms with E-state index in [1.54, 1.807) is 11.8 Å². The van der Waals surface area contributed by atoms with Gasteiger partial charge in [0.05, 0.1) is 10.4 Å². The molecule has 1 aliphatic rings. The summed E-state index contributed by atoms with van der Waals surface area (Å²) in [6.45, 7) is 8.02. The van der Waals surface area contributed by atoms with E-state index >= 15 is 0 Å². The average Bonchev–Trinajstić information content (AvgIpc) is 2.08. The monoisotopic (exact) mass is 221 g/mol. The quantitative estimate of drug-likeness (QED) is 0.729. The molecule has 0 aliphatic carbocycles. The van der Waals surface area contributed by atoms with Crippen molar-refractivity contribution in [3.63, 3.8) is 0 Å². The molecule has 0 bridgehead atoms. The number of amides is 1. The molecule has 0 unspecified atom stereocenters. The van der Waals surface area contributed by atoms with E-state index in [1.165, 1.54) is 10.5 Å². The molecule has 0 aromatic heterocycles. The average molecular weight is 221 g/mol. The predicted molar refractivity (Wildman–Crippen MR) is 64.5 cm³/mol. The first-order chi connectivity index (χ1) is 6.90. The van der Waals surface area contributed by atoms with Crippen molar-refractivity contribution in [1.29, 1.82) is 0 Å². The van der Waals surface area contributed by atoms with Gasteiger partial charge in [0.15, 0.2) is 0 Å². The van der Waals surface area contributed by atoms with Gasteiger partial charge in [-0.2, -0.15) is 0 Å². The Balaban J connectivity index is 2.55. The van der Waals surface area contributed by atoms with E-state index in [0.29, 0.717) is 0 Å². The third-order valence-corrected chi connectivity index (χ3v) is 3.83. The van der Waals surface area contributed by atoms with Crippen LogP contribution in [0, 0.1) is 13.8 Å². The fraction of sp³-hybridized carbons (Fsp3) is 0.417. The van der Waals surface area contributed by atoms with E-state index in [4.69, 9.17) is 0 Å². The van der Waals surface area contributed by atoms with Crippen LogP contribution in [0.3, 0.4) is 0 Å². The maximum atomic E-state index is 11.8. The lowest BCUT2D eigenvalue weighted by molar-refractivity contribution is -0.117. The summed E-state index contributed by atoms with van der Waals surface area (Å²) >= 11 is 1.64. The second kappa shape index (κ2) is 3.27. The highest BCUT2D eigenvalue weighted by Gasteiger charge is 2.34. The van der Waals surface area contributed by atoms with Crippen LogP contribution in [0.2, 0.25) is 0 Å². The summed E-state index contributed by atoms with van der Waals surface area (Å²) in [5.74, 6) is 0.0898. The molecule has 0 fully saturated rings. The fourth-order valence-electron chi connectivity index (χ4n) is 1.75. The molecule has 0 saturated carbocycles. The Kier molecular flexibility index (Phi) is 2.30. The van der Waals surface area contributed by atoms with Crippen molar-refractivity contribution in [3.8, 4) is 0 Å². The van der Waals surface area contributed by atoms with Crippen molar-refractivity contribution < 1.29 is 4.79 Å². The van der Waals surface area contributed by atoms with Gasteiger partial charge in [0, 0.05) is 4.90 Å². The number of benzene rings is 1. The summed E-state index contributed by atoms with van der Waals surface area (Å²) < 4.78 is -0.368. The SMILES string of the molecule is Cc1cc(C)c2c(c1)SC(C)(C)C(=O)N2. The zero-order valence-electron chi connectivity index (χ0n) is 9.47. The highest BCUT2D eigenvalue weighted by molar-refractivity contribution is 8.01. The molecular formula is C12H15NOS. The van der Waals surface area contributed by atoms with Crippen molar-refractivity contribution in [2.24, 2.45) is 0 Å². The molecule has 1 heterocycles. The van der Waals surface area contributed by atoms with Gasteiger partial charge in [-0.25, -0.2) is 0 Å². The number of thioether (sulfide) groups is 1. The summed E-state index contributed by atoms with van der Waals surface area (Å²) in [4.78, 5) is 13.0. The zero-order valence-corrected chi connectivity index (χ0v) is 10.3. The minimum atomic E-state index is -0.368. The Morgan fingerprint density at radius 1 is 1.27 bits per heavy atom. The second-order valence-corrected chi connectivity index (χ2v) is 6.19. The largest absolute Gasteiger partial charge is 0.324 e. The standard InChI is InChI=1S/C12H15NOS/c1-7-5-8(2)10-9(6-7)15-12(3,4)11(14)13-10/h5-6H,1-4H3,(H,13,14). The lowest BCUT2D eigenvalue weighted by Crippen LogP contribution is -2.37. The van der Waals surface area contributed by atoms with Crippen LogP contribution in [0.15, 0.2) is 17.0 Å². The topological polar surface area (TPSA) is 29.1 Å². The van der Waals surface area contributed by atoms with Crippen molar-refractivity contribution >= 4 is 23.4 Å². The molecule has 80 valence electrons. The van der Waals surface area contributed by atoms with Crippen molar-refractivity contribution in [1.82, 2.24) is 0 Å². The lowest BCUT2D eigenvalue weighted by atomic mass is 10.1. The van der Waals surface area contributed by atoms with Crippen LogP contribution in [-0.2, 0) is 4.79 Å². The smallest absolute Gasteiger partial charge is 0.240 e. The molecule has 1 amide bonds. The molecule has 2 rings (SSSR count). The van der Waals surface area contributed by atoms with Crippen LogP contribution in [0.5, 0.6) is 0 Å². The summed E-state index contributed by atoms with van der Waals surface area (Å²) in [5, 5.41) is 2.99. The number of aryl methyl sites for hydroxylation is 2. The molecule has 1 N–H and O–H groups in total. The Morgan fingerprint density at radius 2 is 1.93 bits per heavy atom. The van der Waals surface area contributed by atoms with E-state index in [2.05, 4.69) is 24.4 Å². The number of nitrogens with one attached hydrogen (secondary N) is 1. The summed E-state index contributed by atoms with van der Waals surface area (Å²) in [5.41, 5.74) is 3.36. The Hall–Kier alpha value is -0.960. The van der Waals surface area contributed by atoms with E-state index in [9.17, 15) is 4.79 Å². The van der Waals surface area contributed by atoms with E-state index in [0.717, 1.165) is 11.3 Å². The van der Waals surface area contributed by atoms with Crippen LogP contribution < -0.4 is 5.32 Å². The first-order valence-electron chi connectivity index (χ1n) is 5.02. The minimum Gasteiger partial charge on any atom is -0.324 e. The van der Waals surface area contributed by atoms with Crippen LogP contribution in [-0.4, -0.2) is 10.7 Å². The molecule has 1 aromatic rings. The number of anilines is 1. The summed E-state index contributed by atoms with van der Waals surface area (Å²) in [6.07, 6.45) is 0. The van der Waals surface area contributed by atoms with Crippen molar-refractivity contribution in [2.75, 3.05) is 5.32 Å². The molecule has 0 radical (unpaired) electrons. The molecule has 0 spiro atoms. The molecular weight excluding hydrogens is 206 g/mol. The molecule has 1 aromatic carbocycles. The van der Waals surface area contributed by atoms with Gasteiger partial charge in [-0.1, -0.05) is 6.07 Å². The molecule has 15 heavy (non-hydrogen) atoms. The van der Waals surface area contributed by atoms with Gasteiger partial charge in [-0.3, -0.25) is 4.79 Å². The van der Waals surface area contributed by atoms with Gasteiger partial charge < -0.3 is 5.32 Å². The molecule has 0 saturated heterocycles. The number of hydrogen-bond donors (Lipinski definition) is 1. The number of hydrogen-bond acceptors (Lipinski definition) is 2. The van der Waals surface area contributed by atoms with Gasteiger partial charge >= 0.3 is 0 Å². The summed E-state index contributed by atoms with van der Waals surface area (Å²) in [7, 11) is 0. The third kappa shape index (κ3) is 1.76. The fourth-order valence-corrected chi connectivity index (χ4v) is 3.01. The van der Waals surface area contributed by atoms with E-state index < -0.39 is 0 Å². The lowest BCUT2D eigenvalue weighted by Gasteiger charge is -2.31. The van der Waals surface area contributed by atoms with Crippen molar-refractivity contribution in [2.45, 2.75) is 37.3 Å². The maximum absolute atomic E-state index is 11.8. The number of rotatable bonds is 0. The second-order valence-electron chi connectivity index (χ2n) is 4.52. The van der Waals surface area contributed by atoms with Crippen LogP contribution in [0.25, 0.3) is 0 Å². The first kappa shape index (κ1) is 10.6. The number of carbonyl (C=O) groups excluding carboxylic acids is 1. The van der Waals surface area contributed by atoms with E-state index in [1.807, 2.05) is 20.8 Å². The first-order valence-corrected chi connectivity index (χ1v) is 5.83. The Bertz CT molecular complexity index is 437. The minimum absolute atomic E-state index is 0.0898. The Labute approximate surface area is 94.4 Å². The van der Waals surface area contributed by atoms with E-state index in [-0.39, 0.29) is 10.7 Å². The highest BCUT2D eigenvalue weighted by atomic mass is 32.2. The van der Waals surface area contributed by atoms with Gasteiger partial charge in [0.25, 0.3) is 0 Å². The van der Waals surface area contributed by atoms with Crippen LogP contribution in [0.4, 0.5) is 5.69 Å². The molecule has 2 nitrogen and oxygen atoms in total. The predicted octanol–water partition coefficient (Wildman–Crippen LogP) is 3.13. The molecule has 3 heteroatoms. The highest BCUT2D eigenvalue weighted by Crippen LogP contribution is 2.43. The molecule has 0 atom stereocenters. The van der Waals surface area contributed by atoms with Gasteiger partial charge in [-0.05, 0) is 44.9 Å². The summed E-state index contributed by atoms with van der Waals surface area (Å²) in [6, 6.07) is 4.23. The number of carbonyl (C=O) groups is 1. The van der Waals surface area contributed by atoms with Gasteiger partial charge in [-0.15, -0.1) is 11.8 Å². The molecule has 1 aliphatic heterocycles. The normalized spacial score (nSPS) is 18.3.